The van der Waals surface area contributed by atoms with E-state index in [2.05, 4.69) is 41.1 Å². The van der Waals surface area contributed by atoms with Crippen molar-refractivity contribution in [1.82, 2.24) is 0 Å². The van der Waals surface area contributed by atoms with Gasteiger partial charge in [0.05, 0.1) is 6.61 Å². The van der Waals surface area contributed by atoms with Gasteiger partial charge in [-0.05, 0) is 36.1 Å². The van der Waals surface area contributed by atoms with Crippen LogP contribution in [0.3, 0.4) is 0 Å². The second-order valence-corrected chi connectivity index (χ2v) is 4.81. The Kier molecular flexibility index (Phi) is 5.34. The van der Waals surface area contributed by atoms with Crippen LogP contribution in [0.2, 0.25) is 0 Å². The molecular formula is C13H18BrO. The molecule has 1 aromatic carbocycles. The zero-order valence-electron chi connectivity index (χ0n) is 9.39. The molecule has 0 amide bonds. The van der Waals surface area contributed by atoms with E-state index < -0.39 is 0 Å². The predicted molar refractivity (Wildman–Crippen MR) is 67.9 cm³/mol. The molecule has 0 heterocycles. The van der Waals surface area contributed by atoms with Crippen LogP contribution in [0.4, 0.5) is 0 Å². The zero-order chi connectivity index (χ0) is 11.3. The lowest BCUT2D eigenvalue weighted by Crippen LogP contribution is -2.01. The first kappa shape index (κ1) is 12.7. The summed E-state index contributed by atoms with van der Waals surface area (Å²) in [5.41, 5.74) is 2.48. The molecule has 1 aromatic rings. The van der Waals surface area contributed by atoms with Gasteiger partial charge in [-0.15, -0.1) is 0 Å². The van der Waals surface area contributed by atoms with Gasteiger partial charge in [0.2, 0.25) is 0 Å². The largest absolute Gasteiger partial charge is 0.395 e. The molecule has 1 N–H and O–H groups in total. The molecule has 15 heavy (non-hydrogen) atoms. The van der Waals surface area contributed by atoms with Crippen molar-refractivity contribution in [3.05, 3.63) is 39.7 Å². The maximum Gasteiger partial charge on any atom is 0.0534 e. The topological polar surface area (TPSA) is 20.2 Å². The first-order valence-electron chi connectivity index (χ1n) is 5.40. The third kappa shape index (κ3) is 3.96. The monoisotopic (exact) mass is 269 g/mol. The predicted octanol–water partition coefficient (Wildman–Crippen LogP) is 3.73. The molecule has 83 valence electrons. The van der Waals surface area contributed by atoms with Crippen LogP contribution in [0.5, 0.6) is 0 Å². The molecular weight excluding hydrogens is 252 g/mol. The zero-order valence-corrected chi connectivity index (χ0v) is 11.0. The standard InChI is InChI=1S/C13H18BrO/c1-3-4-5-11-6-12(10(2)9-15)8-13(14)7-11/h6-8,15H,3-5,9H2,1-2H3. The summed E-state index contributed by atoms with van der Waals surface area (Å²) in [4.78, 5) is 0. The Morgan fingerprint density at radius 2 is 2.07 bits per heavy atom. The minimum absolute atomic E-state index is 0.129. The molecule has 0 spiro atoms. The Labute approximate surface area is 101 Å². The van der Waals surface area contributed by atoms with Gasteiger partial charge in [0.15, 0.2) is 0 Å². The van der Waals surface area contributed by atoms with Crippen molar-refractivity contribution < 1.29 is 5.11 Å². The smallest absolute Gasteiger partial charge is 0.0534 e. The van der Waals surface area contributed by atoms with Gasteiger partial charge in [-0.1, -0.05) is 42.3 Å². The van der Waals surface area contributed by atoms with Crippen molar-refractivity contribution in [2.75, 3.05) is 6.61 Å². The highest BCUT2D eigenvalue weighted by atomic mass is 79.9. The van der Waals surface area contributed by atoms with Gasteiger partial charge in [0.1, 0.15) is 0 Å². The van der Waals surface area contributed by atoms with E-state index in [0.29, 0.717) is 0 Å². The van der Waals surface area contributed by atoms with E-state index in [-0.39, 0.29) is 6.61 Å². The van der Waals surface area contributed by atoms with E-state index in [1.165, 1.54) is 18.4 Å². The summed E-state index contributed by atoms with van der Waals surface area (Å²) in [6.07, 6.45) is 3.54. The van der Waals surface area contributed by atoms with Crippen molar-refractivity contribution >= 4 is 15.9 Å². The van der Waals surface area contributed by atoms with Gasteiger partial charge in [0.25, 0.3) is 0 Å². The number of aliphatic hydroxyl groups is 1. The van der Waals surface area contributed by atoms with Crippen LogP contribution in [-0.4, -0.2) is 11.7 Å². The lowest BCUT2D eigenvalue weighted by molar-refractivity contribution is 0.315. The number of halogens is 1. The third-order valence-electron chi connectivity index (χ3n) is 2.51. The molecule has 0 aromatic heterocycles. The normalized spacial score (nSPS) is 11.0. The minimum atomic E-state index is 0.129. The second-order valence-electron chi connectivity index (χ2n) is 3.89. The maximum atomic E-state index is 9.09. The second kappa shape index (κ2) is 6.29. The van der Waals surface area contributed by atoms with E-state index in [1.54, 1.807) is 0 Å². The van der Waals surface area contributed by atoms with Crippen LogP contribution in [-0.2, 0) is 6.42 Å². The average molecular weight is 270 g/mol. The molecule has 0 saturated heterocycles. The summed E-state index contributed by atoms with van der Waals surface area (Å²) in [6, 6.07) is 6.39. The molecule has 0 aliphatic rings. The van der Waals surface area contributed by atoms with Gasteiger partial charge in [-0.2, -0.15) is 0 Å². The van der Waals surface area contributed by atoms with E-state index >= 15 is 0 Å². The third-order valence-corrected chi connectivity index (χ3v) is 2.96. The first-order chi connectivity index (χ1) is 7.17. The number of hydrogen-bond acceptors (Lipinski definition) is 1. The molecule has 0 fully saturated rings. The molecule has 0 aliphatic carbocycles. The van der Waals surface area contributed by atoms with Crippen molar-refractivity contribution in [3.63, 3.8) is 0 Å². The van der Waals surface area contributed by atoms with Crippen LogP contribution in [0, 0.1) is 5.92 Å². The molecule has 0 bridgehead atoms. The van der Waals surface area contributed by atoms with Crippen LogP contribution >= 0.6 is 15.9 Å². The lowest BCUT2D eigenvalue weighted by atomic mass is 9.98. The van der Waals surface area contributed by atoms with Crippen LogP contribution in [0.25, 0.3) is 0 Å². The van der Waals surface area contributed by atoms with Gasteiger partial charge < -0.3 is 5.11 Å². The number of benzene rings is 1. The molecule has 0 atom stereocenters. The minimum Gasteiger partial charge on any atom is -0.395 e. The molecule has 1 nitrogen and oxygen atoms in total. The first-order valence-corrected chi connectivity index (χ1v) is 6.19. The fourth-order valence-electron chi connectivity index (χ4n) is 1.51. The van der Waals surface area contributed by atoms with Gasteiger partial charge >= 0.3 is 0 Å². The van der Waals surface area contributed by atoms with Gasteiger partial charge in [-0.25, -0.2) is 0 Å². The highest BCUT2D eigenvalue weighted by molar-refractivity contribution is 9.10. The fraction of sp³-hybridized carbons (Fsp3) is 0.462. The summed E-state index contributed by atoms with van der Waals surface area (Å²) < 4.78 is 1.10. The van der Waals surface area contributed by atoms with E-state index in [4.69, 9.17) is 5.11 Å². The van der Waals surface area contributed by atoms with Crippen molar-refractivity contribution in [2.24, 2.45) is 0 Å². The summed E-state index contributed by atoms with van der Waals surface area (Å²) in [7, 11) is 0. The Balaban J connectivity index is 2.84. The number of unbranched alkanes of at least 4 members (excludes halogenated alkanes) is 1. The summed E-state index contributed by atoms with van der Waals surface area (Å²) in [5, 5.41) is 9.09. The van der Waals surface area contributed by atoms with E-state index in [9.17, 15) is 0 Å². The quantitative estimate of drug-likeness (QED) is 0.864. The van der Waals surface area contributed by atoms with Crippen LogP contribution in [0.1, 0.15) is 37.8 Å². The maximum absolute atomic E-state index is 9.09. The molecule has 0 unspecified atom stereocenters. The Morgan fingerprint density at radius 3 is 2.67 bits per heavy atom. The van der Waals surface area contributed by atoms with Crippen molar-refractivity contribution in [3.8, 4) is 0 Å². The Bertz CT molecular complexity index is 309. The van der Waals surface area contributed by atoms with Gasteiger partial charge in [-0.3, -0.25) is 0 Å². The summed E-state index contributed by atoms with van der Waals surface area (Å²) in [6.45, 7) is 4.29. The summed E-state index contributed by atoms with van der Waals surface area (Å²) in [5.74, 6) is 1.02. The van der Waals surface area contributed by atoms with Crippen LogP contribution < -0.4 is 0 Å². The Hall–Kier alpha value is -0.340. The SMILES string of the molecule is CCCCc1cc(Br)cc([C](C)CO)c1. The van der Waals surface area contributed by atoms with E-state index in [0.717, 1.165) is 22.4 Å². The van der Waals surface area contributed by atoms with Crippen molar-refractivity contribution in [1.29, 1.82) is 0 Å². The molecule has 0 aliphatic heterocycles. The molecule has 1 radical (unpaired) electrons. The lowest BCUT2D eigenvalue weighted by Gasteiger charge is -2.10. The molecule has 0 saturated carbocycles. The Morgan fingerprint density at radius 1 is 1.33 bits per heavy atom. The number of aryl methyl sites for hydroxylation is 1. The number of rotatable bonds is 5. The highest BCUT2D eigenvalue weighted by Gasteiger charge is 2.06. The van der Waals surface area contributed by atoms with Gasteiger partial charge in [0, 0.05) is 10.4 Å². The van der Waals surface area contributed by atoms with E-state index in [1.807, 2.05) is 6.92 Å². The number of aliphatic hydroxyl groups excluding tert-OH is 1. The molecule has 2 heteroatoms. The fourth-order valence-corrected chi connectivity index (χ4v) is 2.05. The van der Waals surface area contributed by atoms with Crippen molar-refractivity contribution in [2.45, 2.75) is 33.1 Å². The average Bonchev–Trinajstić information content (AvgIpc) is 2.24. The molecule has 1 rings (SSSR count). The number of hydrogen-bond donors (Lipinski definition) is 1. The highest BCUT2D eigenvalue weighted by Crippen LogP contribution is 2.22. The van der Waals surface area contributed by atoms with Crippen LogP contribution in [0.15, 0.2) is 22.7 Å². The summed E-state index contributed by atoms with van der Waals surface area (Å²) >= 11 is 3.51.